The van der Waals surface area contributed by atoms with E-state index in [-0.39, 0.29) is 23.1 Å². The van der Waals surface area contributed by atoms with Crippen LogP contribution in [0.1, 0.15) is 95.9 Å². The molecule has 5 nitrogen and oxygen atoms in total. The first-order chi connectivity index (χ1) is 16.4. The van der Waals surface area contributed by atoms with Gasteiger partial charge in [0.2, 0.25) is 5.91 Å². The van der Waals surface area contributed by atoms with E-state index in [1.807, 2.05) is 16.8 Å². The number of benzene rings is 1. The zero-order valence-corrected chi connectivity index (χ0v) is 20.8. The van der Waals surface area contributed by atoms with Crippen molar-refractivity contribution in [1.82, 2.24) is 20.3 Å². The lowest BCUT2D eigenvalue weighted by Crippen LogP contribution is -2.48. The zero-order valence-electron chi connectivity index (χ0n) is 20.8. The number of aromatic nitrogens is 3. The minimum absolute atomic E-state index is 0.104. The molecule has 1 aromatic carbocycles. The summed E-state index contributed by atoms with van der Waals surface area (Å²) in [4.78, 5) is 13.1. The Bertz CT molecular complexity index is 988. The average molecular weight is 467 g/mol. The second-order valence-corrected chi connectivity index (χ2v) is 11.6. The van der Waals surface area contributed by atoms with Gasteiger partial charge in [0.25, 0.3) is 0 Å². The Morgan fingerprint density at radius 1 is 1.09 bits per heavy atom. The summed E-state index contributed by atoms with van der Waals surface area (Å²) in [5, 5.41) is 12.5. The van der Waals surface area contributed by atoms with E-state index in [1.54, 1.807) is 0 Å². The van der Waals surface area contributed by atoms with E-state index >= 15 is 0 Å². The maximum atomic E-state index is 13.4. The molecule has 1 amide bonds. The van der Waals surface area contributed by atoms with Gasteiger partial charge in [0.1, 0.15) is 5.82 Å². The lowest BCUT2D eigenvalue weighted by Gasteiger charge is -2.39. The van der Waals surface area contributed by atoms with Crippen LogP contribution in [0.25, 0.3) is 0 Å². The highest BCUT2D eigenvalue weighted by Crippen LogP contribution is 2.52. The third-order valence-electron chi connectivity index (χ3n) is 8.94. The summed E-state index contributed by atoms with van der Waals surface area (Å²) in [5.41, 5.74) is 2.01. The van der Waals surface area contributed by atoms with Gasteiger partial charge in [-0.2, -0.15) is 0 Å². The molecular weight excluding hydrogens is 427 g/mol. The molecular formula is C28H39FN4O. The molecule has 3 atom stereocenters. The molecule has 3 aliphatic rings. The van der Waals surface area contributed by atoms with E-state index in [0.717, 1.165) is 56.2 Å². The molecule has 34 heavy (non-hydrogen) atoms. The molecule has 1 N–H and O–H groups in total. The van der Waals surface area contributed by atoms with Crippen molar-refractivity contribution in [3.63, 3.8) is 0 Å². The van der Waals surface area contributed by atoms with Gasteiger partial charge in [0, 0.05) is 23.6 Å². The summed E-state index contributed by atoms with van der Waals surface area (Å²) in [5.74, 6) is 2.07. The predicted molar refractivity (Wildman–Crippen MR) is 131 cm³/mol. The molecule has 0 aliphatic heterocycles. The normalized spacial score (nSPS) is 30.8. The van der Waals surface area contributed by atoms with Crippen LogP contribution in [0.3, 0.4) is 0 Å². The van der Waals surface area contributed by atoms with Gasteiger partial charge in [-0.15, -0.1) is 5.10 Å². The van der Waals surface area contributed by atoms with Gasteiger partial charge in [0.05, 0.1) is 11.7 Å². The first-order valence-corrected chi connectivity index (χ1v) is 13.3. The fourth-order valence-electron chi connectivity index (χ4n) is 6.53. The summed E-state index contributed by atoms with van der Waals surface area (Å²) in [6.07, 6.45) is 11.5. The van der Waals surface area contributed by atoms with Gasteiger partial charge in [-0.3, -0.25) is 4.79 Å². The Kier molecular flexibility index (Phi) is 6.51. The van der Waals surface area contributed by atoms with E-state index < -0.39 is 0 Å². The highest BCUT2D eigenvalue weighted by Gasteiger charge is 2.48. The Labute approximate surface area is 202 Å². The number of carbonyl (C=O) groups is 1. The quantitative estimate of drug-likeness (QED) is 0.585. The molecule has 0 bridgehead atoms. The van der Waals surface area contributed by atoms with E-state index in [2.05, 4.69) is 42.6 Å². The van der Waals surface area contributed by atoms with Crippen LogP contribution in [0.4, 0.5) is 4.39 Å². The van der Waals surface area contributed by atoms with Crippen LogP contribution in [-0.2, 0) is 10.2 Å². The van der Waals surface area contributed by atoms with E-state index in [0.29, 0.717) is 29.8 Å². The standard InChI is InChI=1S/C28H39FN4O/c1-18(2)24-13-4-19(3)16-25(24)30-27(34)20-5-11-23(12-6-20)33-17-26(31-32-33)28(14-15-28)21-7-9-22(29)10-8-21/h7-10,17-20,23-25H,4-6,11-16H2,1-3H3,(H,30,34). The first kappa shape index (κ1) is 23.5. The number of nitrogens with one attached hydrogen (secondary N) is 1. The largest absolute Gasteiger partial charge is 0.353 e. The lowest BCUT2D eigenvalue weighted by molar-refractivity contribution is -0.127. The molecule has 2 aromatic rings. The fraction of sp³-hybridized carbons (Fsp3) is 0.679. The Morgan fingerprint density at radius 3 is 2.44 bits per heavy atom. The fourth-order valence-corrected chi connectivity index (χ4v) is 6.53. The van der Waals surface area contributed by atoms with Crippen molar-refractivity contribution in [2.45, 2.75) is 96.1 Å². The maximum Gasteiger partial charge on any atom is 0.223 e. The summed E-state index contributed by atoms with van der Waals surface area (Å²) in [6.45, 7) is 6.90. The van der Waals surface area contributed by atoms with Crippen LogP contribution in [0, 0.1) is 29.5 Å². The minimum Gasteiger partial charge on any atom is -0.353 e. The lowest BCUT2D eigenvalue weighted by atomic mass is 9.73. The highest BCUT2D eigenvalue weighted by molar-refractivity contribution is 5.79. The van der Waals surface area contributed by atoms with Gasteiger partial charge < -0.3 is 5.32 Å². The van der Waals surface area contributed by atoms with Gasteiger partial charge >= 0.3 is 0 Å². The smallest absolute Gasteiger partial charge is 0.223 e. The molecule has 6 heteroatoms. The maximum absolute atomic E-state index is 13.4. The van der Waals surface area contributed by atoms with Crippen molar-refractivity contribution in [1.29, 1.82) is 0 Å². The Morgan fingerprint density at radius 2 is 1.79 bits per heavy atom. The molecule has 184 valence electrons. The van der Waals surface area contributed by atoms with Crippen LogP contribution >= 0.6 is 0 Å². The third-order valence-corrected chi connectivity index (χ3v) is 8.94. The molecule has 1 aromatic heterocycles. The molecule has 0 radical (unpaired) electrons. The second kappa shape index (κ2) is 9.43. The average Bonchev–Trinajstić information content (AvgIpc) is 3.48. The Hall–Kier alpha value is -2.24. The molecule has 1 heterocycles. The molecule has 3 fully saturated rings. The van der Waals surface area contributed by atoms with Crippen LogP contribution in [0.2, 0.25) is 0 Å². The molecule has 3 unspecified atom stereocenters. The van der Waals surface area contributed by atoms with Crippen molar-refractivity contribution in [3.05, 3.63) is 47.5 Å². The summed E-state index contributed by atoms with van der Waals surface area (Å²) < 4.78 is 15.4. The number of hydrogen-bond acceptors (Lipinski definition) is 3. The number of hydrogen-bond donors (Lipinski definition) is 1. The minimum atomic E-state index is -0.207. The number of amides is 1. The number of rotatable bonds is 6. The molecule has 5 rings (SSSR count). The SMILES string of the molecule is CC1CCC(C(C)C)C(NC(=O)C2CCC(n3cc(C4(c5ccc(F)cc5)CC4)nn3)CC2)C1. The molecule has 3 aliphatic carbocycles. The van der Waals surface area contributed by atoms with Crippen molar-refractivity contribution < 1.29 is 9.18 Å². The van der Waals surface area contributed by atoms with E-state index in [4.69, 9.17) is 0 Å². The highest BCUT2D eigenvalue weighted by atomic mass is 19.1. The van der Waals surface area contributed by atoms with Crippen LogP contribution in [0.5, 0.6) is 0 Å². The second-order valence-electron chi connectivity index (χ2n) is 11.6. The van der Waals surface area contributed by atoms with Crippen LogP contribution in [-0.4, -0.2) is 26.9 Å². The monoisotopic (exact) mass is 466 g/mol. The van der Waals surface area contributed by atoms with Crippen molar-refractivity contribution in [2.24, 2.45) is 23.7 Å². The molecule has 3 saturated carbocycles. The van der Waals surface area contributed by atoms with Gasteiger partial charge in [-0.1, -0.05) is 44.5 Å². The van der Waals surface area contributed by atoms with Gasteiger partial charge in [-0.25, -0.2) is 9.07 Å². The number of carbonyl (C=O) groups excluding carboxylic acids is 1. The number of nitrogens with zero attached hydrogens (tertiary/aromatic N) is 3. The van der Waals surface area contributed by atoms with Gasteiger partial charge in [0.15, 0.2) is 0 Å². The third kappa shape index (κ3) is 4.65. The van der Waals surface area contributed by atoms with Crippen LogP contribution in [0.15, 0.2) is 30.5 Å². The summed E-state index contributed by atoms with van der Waals surface area (Å²) in [6, 6.07) is 7.44. The van der Waals surface area contributed by atoms with Gasteiger partial charge in [-0.05, 0) is 86.8 Å². The van der Waals surface area contributed by atoms with Crippen molar-refractivity contribution >= 4 is 5.91 Å². The first-order valence-electron chi connectivity index (χ1n) is 13.3. The van der Waals surface area contributed by atoms with E-state index in [9.17, 15) is 9.18 Å². The van der Waals surface area contributed by atoms with Crippen molar-refractivity contribution in [2.75, 3.05) is 0 Å². The summed E-state index contributed by atoms with van der Waals surface area (Å²) in [7, 11) is 0. The summed E-state index contributed by atoms with van der Waals surface area (Å²) >= 11 is 0. The van der Waals surface area contributed by atoms with E-state index in [1.165, 1.54) is 25.0 Å². The molecule has 0 spiro atoms. The topological polar surface area (TPSA) is 59.8 Å². The predicted octanol–water partition coefficient (Wildman–Crippen LogP) is 5.81. The van der Waals surface area contributed by atoms with Crippen LogP contribution < -0.4 is 5.32 Å². The van der Waals surface area contributed by atoms with Crippen molar-refractivity contribution in [3.8, 4) is 0 Å². The number of halogens is 1. The Balaban J connectivity index is 1.18. The molecule has 0 saturated heterocycles. The zero-order chi connectivity index (χ0) is 23.9.